The number of nitrogens with one attached hydrogen (secondary N) is 2. The number of imide groups is 2. The number of benzene rings is 5. The average Bonchev–Trinajstić information content (AvgIpc) is 3.63. The summed E-state index contributed by atoms with van der Waals surface area (Å²) in [5.41, 5.74) is 5.74. The molecule has 11 nitrogen and oxygen atoms in total. The SMILES string of the molecule is COc1ccc([C@@]23C(=O)N(Nc4ccc(Cl)cc4Cl)C(=O)[C@@H]2C[C@@H]2C(=CC[C@@H]4C(=O)N(c5ccc(Nc6ccccc6)cc5)C(=O)[C@@H]42)[C@@H]3c2cc(I)c(O)c(OC)c2)cc1. The summed E-state index contributed by atoms with van der Waals surface area (Å²) in [6.45, 7) is 0. The van der Waals surface area contributed by atoms with Gasteiger partial charge in [0.2, 0.25) is 11.8 Å². The van der Waals surface area contributed by atoms with Crippen molar-refractivity contribution < 1.29 is 33.8 Å². The number of hydrogen-bond donors (Lipinski definition) is 3. The van der Waals surface area contributed by atoms with Gasteiger partial charge in [-0.2, -0.15) is 5.01 Å². The van der Waals surface area contributed by atoms with Crippen LogP contribution >= 0.6 is 45.8 Å². The topological polar surface area (TPSA) is 138 Å². The summed E-state index contributed by atoms with van der Waals surface area (Å²) in [5, 5.41) is 16.0. The first kappa shape index (κ1) is 39.9. The molecule has 60 heavy (non-hydrogen) atoms. The van der Waals surface area contributed by atoms with Crippen LogP contribution in [0.2, 0.25) is 10.0 Å². The molecule has 1 saturated carbocycles. The Morgan fingerprint density at radius 3 is 2.20 bits per heavy atom. The highest BCUT2D eigenvalue weighted by atomic mass is 127. The van der Waals surface area contributed by atoms with Crippen molar-refractivity contribution in [1.82, 2.24) is 5.01 Å². The van der Waals surface area contributed by atoms with E-state index < -0.39 is 46.8 Å². The van der Waals surface area contributed by atoms with Gasteiger partial charge in [0.05, 0.1) is 57.4 Å². The van der Waals surface area contributed by atoms with Gasteiger partial charge < -0.3 is 19.9 Å². The first-order chi connectivity index (χ1) is 29.0. The minimum absolute atomic E-state index is 0.0753. The van der Waals surface area contributed by atoms with E-state index in [-0.39, 0.29) is 46.9 Å². The summed E-state index contributed by atoms with van der Waals surface area (Å²) in [6, 6.07) is 32.1. The van der Waals surface area contributed by atoms with Crippen LogP contribution in [0, 0.1) is 27.2 Å². The van der Waals surface area contributed by atoms with Crippen LogP contribution in [0.5, 0.6) is 17.2 Å². The lowest BCUT2D eigenvalue weighted by Crippen LogP contribution is -2.53. The van der Waals surface area contributed by atoms with Gasteiger partial charge in [0.25, 0.3) is 11.8 Å². The van der Waals surface area contributed by atoms with Gasteiger partial charge in [0, 0.05) is 22.3 Å². The zero-order chi connectivity index (χ0) is 42.0. The molecule has 304 valence electrons. The second kappa shape index (κ2) is 15.5. The molecule has 0 unspecified atom stereocenters. The van der Waals surface area contributed by atoms with Gasteiger partial charge >= 0.3 is 0 Å². The number of allylic oxidation sites excluding steroid dienone is 2. The number of hydrazine groups is 1. The summed E-state index contributed by atoms with van der Waals surface area (Å²) in [6.07, 6.45) is 2.31. The number of phenolic OH excluding ortho intramolecular Hbond substituents is 1. The van der Waals surface area contributed by atoms with Gasteiger partial charge in [-0.25, -0.2) is 0 Å². The van der Waals surface area contributed by atoms with E-state index in [1.54, 1.807) is 67.8 Å². The number of para-hydroxylation sites is 1. The zero-order valence-electron chi connectivity index (χ0n) is 32.2. The van der Waals surface area contributed by atoms with E-state index in [1.165, 1.54) is 18.1 Å². The fraction of sp³-hybridized carbons (Fsp3) is 0.217. The smallest absolute Gasteiger partial charge is 0.260 e. The maximum Gasteiger partial charge on any atom is 0.260 e. The largest absolute Gasteiger partial charge is 0.504 e. The van der Waals surface area contributed by atoms with Crippen molar-refractivity contribution >= 4 is 92.2 Å². The molecule has 14 heteroatoms. The molecule has 0 aromatic heterocycles. The lowest BCUT2D eigenvalue weighted by molar-refractivity contribution is -0.138. The molecule has 3 fully saturated rings. The third kappa shape index (κ3) is 6.29. The van der Waals surface area contributed by atoms with Crippen molar-refractivity contribution in [2.75, 3.05) is 29.9 Å². The highest BCUT2D eigenvalue weighted by Gasteiger charge is 2.70. The maximum atomic E-state index is 15.6. The number of phenols is 1. The molecular weight excluding hydrogens is 918 g/mol. The summed E-state index contributed by atoms with van der Waals surface area (Å²) in [4.78, 5) is 61.2. The van der Waals surface area contributed by atoms with E-state index in [2.05, 4.69) is 10.7 Å². The molecule has 2 heterocycles. The lowest BCUT2D eigenvalue weighted by Gasteiger charge is -2.50. The van der Waals surface area contributed by atoms with E-state index in [9.17, 15) is 14.7 Å². The standard InChI is InChI=1S/C46H37Cl2IN4O7/c1-59-30-15-8-25(9-16-30)46-34(43(56)53(45(46)58)51-37-19-10-26(47)22-35(37)48)23-33-31(40(46)24-20-36(49)41(54)38(21-24)60-2)17-18-32-39(33)44(57)52(42(32)55)29-13-11-28(12-14-29)50-27-6-4-3-5-7-27/h3-17,19-22,32-34,39-40,50-51,54H,18,23H2,1-2H3/t32-,33+,34-,39-,40-,46+/m0/s1. The van der Waals surface area contributed by atoms with Gasteiger partial charge in [-0.1, -0.05) is 65.2 Å². The molecule has 3 N–H and O–H groups in total. The molecular formula is C46H37Cl2IN4O7. The molecule has 4 aliphatic rings. The molecule has 2 saturated heterocycles. The van der Waals surface area contributed by atoms with Crippen LogP contribution in [0.25, 0.3) is 0 Å². The van der Waals surface area contributed by atoms with E-state index in [0.717, 1.165) is 22.0 Å². The van der Waals surface area contributed by atoms with Gasteiger partial charge in [-0.3, -0.25) is 29.5 Å². The number of methoxy groups -OCH3 is 2. The number of carbonyl (C=O) groups is 4. The number of halogens is 3. The summed E-state index contributed by atoms with van der Waals surface area (Å²) in [7, 11) is 2.99. The number of ether oxygens (including phenoxy) is 2. The van der Waals surface area contributed by atoms with Crippen LogP contribution in [0.1, 0.15) is 29.9 Å². The first-order valence-electron chi connectivity index (χ1n) is 19.3. The molecule has 0 bridgehead atoms. The molecule has 5 aromatic carbocycles. The number of rotatable bonds is 9. The fourth-order valence-corrected chi connectivity index (χ4v) is 10.8. The average molecular weight is 956 g/mol. The van der Waals surface area contributed by atoms with Crippen molar-refractivity contribution in [3.63, 3.8) is 0 Å². The van der Waals surface area contributed by atoms with Crippen molar-refractivity contribution in [3.05, 3.63) is 146 Å². The number of carbonyl (C=O) groups excluding carboxylic acids is 4. The van der Waals surface area contributed by atoms with Gasteiger partial charge in [-0.15, -0.1) is 0 Å². The van der Waals surface area contributed by atoms with E-state index in [4.69, 9.17) is 32.7 Å². The van der Waals surface area contributed by atoms with E-state index in [1.807, 2.05) is 71.1 Å². The Labute approximate surface area is 369 Å². The molecule has 0 spiro atoms. The number of hydrogen-bond acceptors (Lipinski definition) is 9. The molecule has 2 aliphatic carbocycles. The summed E-state index contributed by atoms with van der Waals surface area (Å²) >= 11 is 14.8. The number of amides is 4. The first-order valence-corrected chi connectivity index (χ1v) is 21.1. The predicted octanol–water partition coefficient (Wildman–Crippen LogP) is 9.25. The highest BCUT2D eigenvalue weighted by Crippen LogP contribution is 2.65. The van der Waals surface area contributed by atoms with Crippen LogP contribution in [0.3, 0.4) is 0 Å². The van der Waals surface area contributed by atoms with Crippen LogP contribution in [0.15, 0.2) is 121 Å². The fourth-order valence-electron chi connectivity index (χ4n) is 9.77. The minimum Gasteiger partial charge on any atom is -0.504 e. The van der Waals surface area contributed by atoms with E-state index >= 15 is 9.59 Å². The second-order valence-corrected chi connectivity index (χ2v) is 17.3. The third-order valence-corrected chi connectivity index (χ3v) is 13.7. The Morgan fingerprint density at radius 2 is 1.52 bits per heavy atom. The number of nitrogens with zero attached hydrogens (tertiary/aromatic N) is 2. The van der Waals surface area contributed by atoms with Crippen molar-refractivity contribution in [2.24, 2.45) is 23.7 Å². The van der Waals surface area contributed by atoms with Crippen LogP contribution < -0.4 is 25.1 Å². The molecule has 6 atom stereocenters. The maximum absolute atomic E-state index is 15.6. The van der Waals surface area contributed by atoms with Gasteiger partial charge in [-0.05, 0) is 131 Å². The Bertz CT molecular complexity index is 2610. The molecule has 0 radical (unpaired) electrons. The van der Waals surface area contributed by atoms with Gasteiger partial charge in [0.15, 0.2) is 11.5 Å². The van der Waals surface area contributed by atoms with Crippen molar-refractivity contribution in [1.29, 1.82) is 0 Å². The zero-order valence-corrected chi connectivity index (χ0v) is 35.9. The number of aromatic hydroxyl groups is 1. The van der Waals surface area contributed by atoms with Crippen LogP contribution in [0.4, 0.5) is 22.7 Å². The quantitative estimate of drug-likeness (QED) is 0.0751. The molecule has 2 aliphatic heterocycles. The Morgan fingerprint density at radius 1 is 0.800 bits per heavy atom. The number of fused-ring (bicyclic) bond motifs is 4. The van der Waals surface area contributed by atoms with Crippen molar-refractivity contribution in [3.8, 4) is 17.2 Å². The van der Waals surface area contributed by atoms with Gasteiger partial charge in [0.1, 0.15) is 5.75 Å². The minimum atomic E-state index is -1.58. The van der Waals surface area contributed by atoms with E-state index in [0.29, 0.717) is 31.2 Å². The highest BCUT2D eigenvalue weighted by molar-refractivity contribution is 14.1. The number of anilines is 4. The monoisotopic (exact) mass is 954 g/mol. The Balaban J connectivity index is 1.18. The Hall–Kier alpha value is -5.57. The summed E-state index contributed by atoms with van der Waals surface area (Å²) in [5.74, 6) is -5.09. The van der Waals surface area contributed by atoms with Crippen LogP contribution in [-0.4, -0.2) is 48.0 Å². The predicted molar refractivity (Wildman–Crippen MR) is 237 cm³/mol. The Kier molecular flexibility index (Phi) is 10.3. The second-order valence-electron chi connectivity index (χ2n) is 15.3. The van der Waals surface area contributed by atoms with Crippen molar-refractivity contribution in [2.45, 2.75) is 24.2 Å². The molecule has 9 rings (SSSR count). The van der Waals surface area contributed by atoms with Crippen LogP contribution in [-0.2, 0) is 24.6 Å². The molecule has 4 amide bonds. The third-order valence-electron chi connectivity index (χ3n) is 12.4. The summed E-state index contributed by atoms with van der Waals surface area (Å²) < 4.78 is 11.6. The lowest BCUT2D eigenvalue weighted by atomic mass is 9.49. The molecule has 5 aromatic rings. The normalized spacial score (nSPS) is 24.4.